The van der Waals surface area contributed by atoms with Gasteiger partial charge in [0.2, 0.25) is 0 Å². The van der Waals surface area contributed by atoms with Crippen LogP contribution in [0.5, 0.6) is 0 Å². The second kappa shape index (κ2) is 6.16. The number of hydrogen-bond acceptors (Lipinski definition) is 6. The molecule has 0 bridgehead atoms. The van der Waals surface area contributed by atoms with E-state index >= 15 is 0 Å². The fraction of sp³-hybridized carbons (Fsp3) is 0.238. The van der Waals surface area contributed by atoms with Crippen molar-refractivity contribution in [1.82, 2.24) is 5.32 Å². The number of nitrogens with zero attached hydrogens (tertiary/aromatic N) is 1. The van der Waals surface area contributed by atoms with Crippen LogP contribution in [0.1, 0.15) is 34.5 Å². The van der Waals surface area contributed by atoms with Crippen LogP contribution in [0, 0.1) is 0 Å². The van der Waals surface area contributed by atoms with Crippen molar-refractivity contribution in [2.75, 3.05) is 26.1 Å². The number of carbonyl (C=O) groups is 2. The topological polar surface area (TPSA) is 71.8 Å². The minimum Gasteiger partial charge on any atom is -0.466 e. The monoisotopic (exact) mass is 364 g/mol. The molecule has 0 saturated carbocycles. The molecule has 0 fully saturated rings. The van der Waals surface area contributed by atoms with E-state index in [4.69, 9.17) is 9.15 Å². The summed E-state index contributed by atoms with van der Waals surface area (Å²) in [5, 5.41) is 3.25. The van der Waals surface area contributed by atoms with Crippen LogP contribution in [-0.2, 0) is 9.53 Å². The van der Waals surface area contributed by atoms with Gasteiger partial charge >= 0.3 is 5.97 Å². The van der Waals surface area contributed by atoms with E-state index in [-0.39, 0.29) is 5.78 Å². The van der Waals surface area contributed by atoms with E-state index in [0.717, 1.165) is 11.3 Å². The number of ketones is 1. The van der Waals surface area contributed by atoms with Crippen molar-refractivity contribution in [3.05, 3.63) is 70.1 Å². The Morgan fingerprint density at radius 3 is 2.48 bits per heavy atom. The number of methoxy groups -OCH3 is 1. The lowest BCUT2D eigenvalue weighted by Crippen LogP contribution is -2.28. The van der Waals surface area contributed by atoms with Gasteiger partial charge < -0.3 is 19.4 Å². The first-order valence-electron chi connectivity index (χ1n) is 8.65. The van der Waals surface area contributed by atoms with Crippen LogP contribution in [0.15, 0.2) is 57.7 Å². The molecular formula is C21H20N2O4. The van der Waals surface area contributed by atoms with E-state index in [1.165, 1.54) is 7.11 Å². The number of anilines is 1. The Labute approximate surface area is 157 Å². The number of rotatable bonds is 3. The number of furan rings is 1. The van der Waals surface area contributed by atoms with Gasteiger partial charge in [0.15, 0.2) is 11.7 Å². The van der Waals surface area contributed by atoms with Gasteiger partial charge in [-0.3, -0.25) is 4.79 Å². The zero-order valence-corrected chi connectivity index (χ0v) is 15.6. The summed E-state index contributed by atoms with van der Waals surface area (Å²) in [6, 6.07) is 11.1. The van der Waals surface area contributed by atoms with Gasteiger partial charge in [-0.25, -0.2) is 4.79 Å². The predicted octanol–water partition coefficient (Wildman–Crippen LogP) is 3.09. The van der Waals surface area contributed by atoms with E-state index in [1.807, 2.05) is 56.3 Å². The molecule has 0 saturated heterocycles. The van der Waals surface area contributed by atoms with E-state index in [2.05, 4.69) is 5.32 Å². The fourth-order valence-electron chi connectivity index (χ4n) is 3.73. The van der Waals surface area contributed by atoms with Crippen molar-refractivity contribution in [1.29, 1.82) is 0 Å². The minimum absolute atomic E-state index is 0.102. The summed E-state index contributed by atoms with van der Waals surface area (Å²) in [7, 11) is 5.07. The second-order valence-corrected chi connectivity index (χ2v) is 6.82. The van der Waals surface area contributed by atoms with E-state index < -0.39 is 11.9 Å². The largest absolute Gasteiger partial charge is 0.466 e. The summed E-state index contributed by atoms with van der Waals surface area (Å²) >= 11 is 0. The normalized spacial score (nSPS) is 18.2. The first kappa shape index (κ1) is 17.1. The maximum Gasteiger partial charge on any atom is 0.336 e. The lowest BCUT2D eigenvalue weighted by atomic mass is 9.83. The third-order valence-electron chi connectivity index (χ3n) is 4.99. The van der Waals surface area contributed by atoms with Gasteiger partial charge in [0.05, 0.1) is 24.3 Å². The smallest absolute Gasteiger partial charge is 0.336 e. The molecule has 138 valence electrons. The number of ether oxygens (including phenoxy) is 1. The molecule has 1 aromatic heterocycles. The third kappa shape index (κ3) is 2.48. The highest BCUT2D eigenvalue weighted by Crippen LogP contribution is 2.47. The molecule has 27 heavy (non-hydrogen) atoms. The van der Waals surface area contributed by atoms with Gasteiger partial charge in [-0.15, -0.1) is 0 Å². The average Bonchev–Trinajstić information content (AvgIpc) is 3.25. The molecule has 2 aromatic rings. The first-order valence-corrected chi connectivity index (χ1v) is 8.65. The Morgan fingerprint density at radius 1 is 1.15 bits per heavy atom. The minimum atomic E-state index is -0.623. The molecule has 6 nitrogen and oxygen atoms in total. The summed E-state index contributed by atoms with van der Waals surface area (Å²) in [6.07, 6.45) is 0. The molecule has 1 atom stereocenters. The molecule has 0 radical (unpaired) electrons. The summed E-state index contributed by atoms with van der Waals surface area (Å²) in [5.74, 6) is -0.0238. The second-order valence-electron chi connectivity index (χ2n) is 6.82. The molecule has 0 spiro atoms. The molecule has 0 amide bonds. The molecular weight excluding hydrogens is 344 g/mol. The fourth-order valence-corrected chi connectivity index (χ4v) is 3.73. The molecule has 2 aliphatic rings. The highest BCUT2D eigenvalue weighted by molar-refractivity contribution is 6.23. The van der Waals surface area contributed by atoms with Crippen molar-refractivity contribution >= 4 is 23.3 Å². The number of carbonyl (C=O) groups excluding carboxylic acids is 2. The molecule has 0 unspecified atom stereocenters. The Kier molecular flexibility index (Phi) is 3.91. The third-order valence-corrected chi connectivity index (χ3v) is 4.99. The van der Waals surface area contributed by atoms with Gasteiger partial charge in [-0.2, -0.15) is 0 Å². The number of Topliss-reactive ketones (excluding diaryl/α,β-unsaturated/α-hetero) is 1. The van der Waals surface area contributed by atoms with Gasteiger partial charge in [0.25, 0.3) is 0 Å². The number of hydrogen-bond donors (Lipinski definition) is 1. The lowest BCUT2D eigenvalue weighted by Gasteiger charge is -2.27. The van der Waals surface area contributed by atoms with E-state index in [1.54, 1.807) is 6.07 Å². The van der Waals surface area contributed by atoms with Gasteiger partial charge in [-0.05, 0) is 13.0 Å². The SMILES string of the molecule is COC(=O)C1=C(C)NC2=C(C(=O)c3ccccc32)[C@H]1c1ccc(N(C)C)o1. The van der Waals surface area contributed by atoms with Crippen LogP contribution in [0.2, 0.25) is 0 Å². The number of esters is 1. The van der Waals surface area contributed by atoms with Crippen LogP contribution < -0.4 is 10.2 Å². The maximum absolute atomic E-state index is 13.2. The number of nitrogens with one attached hydrogen (secondary N) is 1. The van der Waals surface area contributed by atoms with Crippen molar-refractivity contribution in [3.63, 3.8) is 0 Å². The van der Waals surface area contributed by atoms with Gasteiger partial charge in [-0.1, -0.05) is 24.3 Å². The summed E-state index contributed by atoms with van der Waals surface area (Å²) in [5.41, 5.74) is 3.74. The Morgan fingerprint density at radius 2 is 1.85 bits per heavy atom. The maximum atomic E-state index is 13.2. The number of benzene rings is 1. The molecule has 6 heteroatoms. The van der Waals surface area contributed by atoms with Crippen LogP contribution >= 0.6 is 0 Å². The Hall–Kier alpha value is -3.28. The van der Waals surface area contributed by atoms with Crippen molar-refractivity contribution in [2.45, 2.75) is 12.8 Å². The molecule has 1 aliphatic heterocycles. The van der Waals surface area contributed by atoms with Crippen molar-refractivity contribution < 1.29 is 18.7 Å². The highest BCUT2D eigenvalue weighted by Gasteiger charge is 2.44. The van der Waals surface area contributed by atoms with Crippen LogP contribution in [0.4, 0.5) is 5.88 Å². The zero-order chi connectivity index (χ0) is 19.3. The molecule has 2 heterocycles. The molecule has 4 rings (SSSR count). The Balaban J connectivity index is 1.93. The summed E-state index contributed by atoms with van der Waals surface area (Å²) in [6.45, 7) is 1.81. The number of dihydropyridines is 1. The summed E-state index contributed by atoms with van der Waals surface area (Å²) < 4.78 is 11.0. The lowest BCUT2D eigenvalue weighted by molar-refractivity contribution is -0.136. The van der Waals surface area contributed by atoms with E-state index in [0.29, 0.717) is 34.1 Å². The number of allylic oxidation sites excluding steroid dienone is 2. The predicted molar refractivity (Wildman–Crippen MR) is 101 cm³/mol. The molecule has 1 N–H and O–H groups in total. The first-order chi connectivity index (χ1) is 12.9. The van der Waals surface area contributed by atoms with Crippen LogP contribution in [0.25, 0.3) is 5.70 Å². The standard InChI is InChI=1S/C21H20N2O4/c1-11-16(21(25)26-4)17(14-9-10-15(27-14)23(2)3)18-19(22-11)12-7-5-6-8-13(12)20(18)24/h5-10,17,22H,1-4H3/t17-/m0/s1. The molecule has 1 aromatic carbocycles. The van der Waals surface area contributed by atoms with Crippen molar-refractivity contribution in [3.8, 4) is 0 Å². The number of fused-ring (bicyclic) bond motifs is 2. The van der Waals surface area contributed by atoms with E-state index in [9.17, 15) is 9.59 Å². The zero-order valence-electron chi connectivity index (χ0n) is 15.6. The van der Waals surface area contributed by atoms with Crippen LogP contribution in [0.3, 0.4) is 0 Å². The molecule has 1 aliphatic carbocycles. The Bertz CT molecular complexity index is 1030. The highest BCUT2D eigenvalue weighted by atomic mass is 16.5. The van der Waals surface area contributed by atoms with Gasteiger partial charge in [0, 0.05) is 42.6 Å². The summed E-state index contributed by atoms with van der Waals surface area (Å²) in [4.78, 5) is 27.6. The quantitative estimate of drug-likeness (QED) is 0.844. The van der Waals surface area contributed by atoms with Crippen molar-refractivity contribution in [2.24, 2.45) is 0 Å². The average molecular weight is 364 g/mol. The van der Waals surface area contributed by atoms with Gasteiger partial charge in [0.1, 0.15) is 5.76 Å². The van der Waals surface area contributed by atoms with Crippen LogP contribution in [-0.4, -0.2) is 33.0 Å².